The number of halogens is 1. The largest absolute Gasteiger partial charge is 0.497 e. The fraction of sp³-hybridized carbons (Fsp3) is 0.146. The maximum Gasteiger partial charge on any atom is 0.239 e. The van der Waals surface area contributed by atoms with Crippen LogP contribution in [0.5, 0.6) is 11.5 Å². The maximum absolute atomic E-state index is 16.0. The molecule has 5 aromatic carbocycles. The van der Waals surface area contributed by atoms with Crippen LogP contribution in [0, 0.1) is 17.7 Å². The number of ketones is 1. The van der Waals surface area contributed by atoms with Crippen molar-refractivity contribution in [2.45, 2.75) is 10.8 Å². The molecule has 3 aliphatic rings. The van der Waals surface area contributed by atoms with Gasteiger partial charge in [0.25, 0.3) is 0 Å². The van der Waals surface area contributed by atoms with E-state index in [1.54, 1.807) is 14.2 Å². The van der Waals surface area contributed by atoms with Crippen molar-refractivity contribution in [1.82, 2.24) is 0 Å². The molecular weight excluding hydrogens is 605 g/mol. The van der Waals surface area contributed by atoms with Gasteiger partial charge in [0, 0.05) is 0 Å². The zero-order valence-electron chi connectivity index (χ0n) is 26.2. The van der Waals surface area contributed by atoms with E-state index in [2.05, 4.69) is 0 Å². The van der Waals surface area contributed by atoms with E-state index in [1.807, 2.05) is 109 Å². The number of benzene rings is 5. The van der Waals surface area contributed by atoms with E-state index >= 15 is 4.79 Å². The van der Waals surface area contributed by atoms with Gasteiger partial charge in [-0.15, -0.1) is 0 Å². The molecule has 2 amide bonds. The second-order valence-corrected chi connectivity index (χ2v) is 12.3. The van der Waals surface area contributed by atoms with E-state index in [-0.39, 0.29) is 11.5 Å². The molecule has 8 rings (SSSR count). The molecule has 48 heavy (non-hydrogen) atoms. The normalized spacial score (nSPS) is 24.3. The number of anilines is 1. The van der Waals surface area contributed by atoms with Gasteiger partial charge >= 0.3 is 0 Å². The first-order valence-electron chi connectivity index (χ1n) is 15.7. The lowest BCUT2D eigenvalue weighted by Crippen LogP contribution is -2.45. The Balaban J connectivity index is 1.54. The number of carbonyl (C=O) groups is 3. The van der Waals surface area contributed by atoms with Gasteiger partial charge < -0.3 is 9.47 Å². The van der Waals surface area contributed by atoms with Crippen molar-refractivity contribution in [3.8, 4) is 11.5 Å². The third kappa shape index (κ3) is 3.75. The molecule has 2 aliphatic carbocycles. The number of fused-ring (bicyclic) bond motifs is 5. The molecule has 0 aromatic heterocycles. The summed E-state index contributed by atoms with van der Waals surface area (Å²) in [4.78, 5) is 47.1. The highest BCUT2D eigenvalue weighted by molar-refractivity contribution is 6.39. The first kappa shape index (κ1) is 29.6. The number of hydrogen-bond donors (Lipinski definition) is 0. The summed E-state index contributed by atoms with van der Waals surface area (Å²) in [6, 6.07) is 38.9. The minimum absolute atomic E-state index is 0.223. The van der Waals surface area contributed by atoms with Crippen molar-refractivity contribution in [2.75, 3.05) is 19.1 Å². The van der Waals surface area contributed by atoms with E-state index in [9.17, 15) is 14.0 Å². The van der Waals surface area contributed by atoms with Crippen molar-refractivity contribution in [2.24, 2.45) is 11.8 Å². The summed E-state index contributed by atoms with van der Waals surface area (Å²) in [7, 11) is 3.18. The van der Waals surface area contributed by atoms with Crippen molar-refractivity contribution in [3.63, 3.8) is 0 Å². The van der Waals surface area contributed by atoms with Gasteiger partial charge in [0.15, 0.2) is 5.78 Å². The first-order valence-corrected chi connectivity index (χ1v) is 15.7. The fourth-order valence-electron chi connectivity index (χ4n) is 8.48. The van der Waals surface area contributed by atoms with Crippen LogP contribution in [0.2, 0.25) is 0 Å². The highest BCUT2D eigenvalue weighted by Crippen LogP contribution is 2.74. The van der Waals surface area contributed by atoms with Gasteiger partial charge in [-0.1, -0.05) is 84.9 Å². The van der Waals surface area contributed by atoms with Crippen molar-refractivity contribution in [3.05, 3.63) is 162 Å². The van der Waals surface area contributed by atoms with Gasteiger partial charge in [0.2, 0.25) is 11.8 Å². The average molecular weight is 636 g/mol. The Kier molecular flexibility index (Phi) is 6.70. The molecule has 7 heteroatoms. The Labute approximate surface area is 277 Å². The third-order valence-electron chi connectivity index (χ3n) is 10.3. The van der Waals surface area contributed by atoms with Gasteiger partial charge in [-0.3, -0.25) is 14.4 Å². The summed E-state index contributed by atoms with van der Waals surface area (Å²) in [6.07, 6.45) is 0. The molecule has 1 saturated carbocycles. The van der Waals surface area contributed by atoms with Gasteiger partial charge in [0.05, 0.1) is 42.6 Å². The molecule has 236 valence electrons. The molecule has 1 aliphatic heterocycles. The molecule has 1 heterocycles. The summed E-state index contributed by atoms with van der Waals surface area (Å²) < 4.78 is 25.1. The number of Topliss-reactive ketones (excluding diaryl/α,β-unsaturated/α-hetero) is 1. The van der Waals surface area contributed by atoms with Crippen LogP contribution >= 0.6 is 0 Å². The molecule has 2 bridgehead atoms. The summed E-state index contributed by atoms with van der Waals surface area (Å²) >= 11 is 0. The molecule has 1 saturated heterocycles. The Morgan fingerprint density at radius 3 is 1.31 bits per heavy atom. The molecule has 0 unspecified atom stereocenters. The Bertz CT molecular complexity index is 1980. The topological polar surface area (TPSA) is 72.9 Å². The number of carbonyl (C=O) groups excluding carboxylic acids is 3. The van der Waals surface area contributed by atoms with E-state index < -0.39 is 40.3 Å². The average Bonchev–Trinajstić information content (AvgIpc) is 3.65. The monoisotopic (exact) mass is 635 g/mol. The first-order chi connectivity index (χ1) is 23.4. The maximum atomic E-state index is 16.0. The predicted octanol–water partition coefficient (Wildman–Crippen LogP) is 7.03. The molecule has 6 nitrogen and oxygen atoms in total. The lowest BCUT2D eigenvalue weighted by Gasteiger charge is -2.39. The minimum atomic E-state index is -1.55. The second-order valence-electron chi connectivity index (χ2n) is 12.3. The molecule has 2 fully saturated rings. The van der Waals surface area contributed by atoms with Gasteiger partial charge in [-0.25, -0.2) is 9.29 Å². The SMILES string of the molecule is COc1ccc(C2=C(c3ccc(OC)cc3)[C@@]3(c4ccccc4)C(=O)[C@@]2(c2ccccc2)[C@H]2C(=O)N(c4ccc(F)cc4)C(=O)[C@@H]23)cc1. The van der Waals surface area contributed by atoms with Crippen LogP contribution in [0.4, 0.5) is 10.1 Å². The van der Waals surface area contributed by atoms with Crippen LogP contribution in [-0.2, 0) is 25.2 Å². The zero-order chi connectivity index (χ0) is 33.2. The number of amides is 2. The Hall–Kier alpha value is -5.82. The van der Waals surface area contributed by atoms with E-state index in [0.717, 1.165) is 16.0 Å². The third-order valence-corrected chi connectivity index (χ3v) is 10.3. The van der Waals surface area contributed by atoms with Gasteiger partial charge in [-0.05, 0) is 81.9 Å². The van der Waals surface area contributed by atoms with Crippen molar-refractivity contribution < 1.29 is 28.2 Å². The molecule has 4 atom stereocenters. The van der Waals surface area contributed by atoms with Crippen LogP contribution in [-0.4, -0.2) is 31.8 Å². The second kappa shape index (κ2) is 10.9. The van der Waals surface area contributed by atoms with Crippen LogP contribution in [0.1, 0.15) is 22.3 Å². The number of rotatable bonds is 7. The lowest BCUT2D eigenvalue weighted by molar-refractivity contribution is -0.130. The summed E-state index contributed by atoms with van der Waals surface area (Å²) in [6.45, 7) is 0. The fourth-order valence-corrected chi connectivity index (χ4v) is 8.48. The number of imide groups is 1. The molecule has 0 spiro atoms. The quantitative estimate of drug-likeness (QED) is 0.180. The zero-order valence-corrected chi connectivity index (χ0v) is 26.2. The van der Waals surface area contributed by atoms with E-state index in [1.165, 1.54) is 24.3 Å². The standard InChI is InChI=1S/C41H30FNO5/c1-47-31-21-13-25(14-22-31)33-34(26-15-23-32(48-2)24-16-26)41(28-11-7-4-8-12-28)36-35(40(33,39(41)46)27-9-5-3-6-10-27)37(44)43(38(36)45)30-19-17-29(42)18-20-30/h3-24,35-36H,1-2H3/t35-,36-,40-,41-/m1/s1. The highest BCUT2D eigenvalue weighted by Gasteiger charge is 2.82. The Morgan fingerprint density at radius 1 is 0.542 bits per heavy atom. The van der Waals surface area contributed by atoms with Crippen LogP contribution in [0.25, 0.3) is 11.1 Å². The van der Waals surface area contributed by atoms with Crippen LogP contribution in [0.15, 0.2) is 133 Å². The van der Waals surface area contributed by atoms with Gasteiger partial charge in [0.1, 0.15) is 17.3 Å². The molecule has 0 radical (unpaired) electrons. The number of hydrogen-bond acceptors (Lipinski definition) is 5. The predicted molar refractivity (Wildman–Crippen MR) is 180 cm³/mol. The summed E-state index contributed by atoms with van der Waals surface area (Å²) in [5.74, 6) is -2.58. The highest BCUT2D eigenvalue weighted by atomic mass is 19.1. The number of nitrogens with zero attached hydrogens (tertiary/aromatic N) is 1. The summed E-state index contributed by atoms with van der Waals surface area (Å²) in [5, 5.41) is 0. The molecular formula is C41H30FNO5. The number of methoxy groups -OCH3 is 2. The van der Waals surface area contributed by atoms with Crippen LogP contribution < -0.4 is 14.4 Å². The smallest absolute Gasteiger partial charge is 0.239 e. The minimum Gasteiger partial charge on any atom is -0.497 e. The molecule has 0 N–H and O–H groups in total. The number of allylic oxidation sites excluding steroid dienone is 2. The van der Waals surface area contributed by atoms with E-state index in [4.69, 9.17) is 9.47 Å². The number of ether oxygens (including phenoxy) is 2. The van der Waals surface area contributed by atoms with Crippen LogP contribution in [0.3, 0.4) is 0 Å². The van der Waals surface area contributed by atoms with Crippen molar-refractivity contribution >= 4 is 34.4 Å². The van der Waals surface area contributed by atoms with Gasteiger partial charge in [-0.2, -0.15) is 0 Å². The Morgan fingerprint density at radius 2 is 0.938 bits per heavy atom. The molecule has 5 aromatic rings. The lowest BCUT2D eigenvalue weighted by atomic mass is 9.59. The van der Waals surface area contributed by atoms with Crippen molar-refractivity contribution in [1.29, 1.82) is 0 Å². The van der Waals surface area contributed by atoms with E-state index in [0.29, 0.717) is 33.8 Å². The summed E-state index contributed by atoms with van der Waals surface area (Å²) in [5.41, 5.74) is 1.21.